The maximum absolute atomic E-state index is 6.20. The van der Waals surface area contributed by atoms with Crippen LogP contribution < -0.4 is 5.32 Å². The molecular formula is C13H17Cl2N3. The van der Waals surface area contributed by atoms with Crippen LogP contribution in [-0.2, 0) is 6.54 Å². The van der Waals surface area contributed by atoms with E-state index in [0.717, 1.165) is 36.3 Å². The zero-order valence-electron chi connectivity index (χ0n) is 10.2. The van der Waals surface area contributed by atoms with E-state index in [4.69, 9.17) is 23.2 Å². The van der Waals surface area contributed by atoms with Gasteiger partial charge in [0.05, 0.1) is 0 Å². The Labute approximate surface area is 117 Å². The third kappa shape index (κ3) is 2.80. The molecule has 1 N–H and O–H groups in total. The van der Waals surface area contributed by atoms with Crippen molar-refractivity contribution in [3.63, 3.8) is 0 Å². The lowest BCUT2D eigenvalue weighted by Gasteiger charge is -2.24. The van der Waals surface area contributed by atoms with E-state index >= 15 is 0 Å². The topological polar surface area (TPSA) is 28.2 Å². The second-order valence-corrected chi connectivity index (χ2v) is 6.05. The van der Waals surface area contributed by atoms with E-state index in [0.29, 0.717) is 11.2 Å². The summed E-state index contributed by atoms with van der Waals surface area (Å²) in [6, 6.07) is 3.09. The first-order chi connectivity index (χ1) is 8.70. The van der Waals surface area contributed by atoms with Crippen molar-refractivity contribution in [1.29, 1.82) is 0 Å². The molecule has 2 unspecified atom stereocenters. The van der Waals surface area contributed by atoms with E-state index in [-0.39, 0.29) is 0 Å². The monoisotopic (exact) mass is 285 g/mol. The van der Waals surface area contributed by atoms with Gasteiger partial charge in [-0.05, 0) is 25.3 Å². The summed E-state index contributed by atoms with van der Waals surface area (Å²) in [7, 11) is 0. The van der Waals surface area contributed by atoms with Gasteiger partial charge in [0.25, 0.3) is 0 Å². The van der Waals surface area contributed by atoms with Gasteiger partial charge in [0, 0.05) is 48.5 Å². The molecule has 2 saturated heterocycles. The molecule has 2 aliphatic rings. The molecule has 18 heavy (non-hydrogen) atoms. The van der Waals surface area contributed by atoms with Crippen molar-refractivity contribution in [1.82, 2.24) is 15.2 Å². The van der Waals surface area contributed by atoms with Crippen LogP contribution in [0, 0.1) is 0 Å². The zero-order valence-corrected chi connectivity index (χ0v) is 11.7. The average Bonchev–Trinajstić information content (AvgIpc) is 2.66. The Morgan fingerprint density at radius 3 is 2.94 bits per heavy atom. The molecule has 0 aliphatic carbocycles. The highest BCUT2D eigenvalue weighted by Crippen LogP contribution is 2.24. The lowest BCUT2D eigenvalue weighted by molar-refractivity contribution is 0.251. The van der Waals surface area contributed by atoms with Crippen molar-refractivity contribution >= 4 is 23.2 Å². The van der Waals surface area contributed by atoms with Crippen LogP contribution in [0.15, 0.2) is 12.3 Å². The fourth-order valence-corrected chi connectivity index (χ4v) is 3.38. The normalized spacial score (nSPS) is 28.3. The molecular weight excluding hydrogens is 269 g/mol. The number of pyridine rings is 1. The molecule has 3 heterocycles. The van der Waals surface area contributed by atoms with Gasteiger partial charge in [0.2, 0.25) is 0 Å². The van der Waals surface area contributed by atoms with Crippen molar-refractivity contribution in [3.05, 3.63) is 28.0 Å². The van der Waals surface area contributed by atoms with Gasteiger partial charge in [-0.25, -0.2) is 4.98 Å². The number of hydrogen-bond acceptors (Lipinski definition) is 3. The fourth-order valence-electron chi connectivity index (χ4n) is 2.95. The first-order valence-electron chi connectivity index (χ1n) is 6.49. The number of likely N-dealkylation sites (tertiary alicyclic amines) is 1. The van der Waals surface area contributed by atoms with Crippen LogP contribution in [-0.4, -0.2) is 35.1 Å². The van der Waals surface area contributed by atoms with Crippen molar-refractivity contribution in [3.8, 4) is 0 Å². The molecule has 2 fully saturated rings. The summed E-state index contributed by atoms with van der Waals surface area (Å²) in [5.41, 5.74) is 1.07. The van der Waals surface area contributed by atoms with Crippen LogP contribution in [0.2, 0.25) is 10.2 Å². The summed E-state index contributed by atoms with van der Waals surface area (Å²) in [5.74, 6) is 0. The van der Waals surface area contributed by atoms with Crippen LogP contribution in [0.4, 0.5) is 0 Å². The van der Waals surface area contributed by atoms with Crippen molar-refractivity contribution in [2.75, 3.05) is 13.1 Å². The zero-order chi connectivity index (χ0) is 12.5. The van der Waals surface area contributed by atoms with Crippen LogP contribution in [0.25, 0.3) is 0 Å². The predicted molar refractivity (Wildman–Crippen MR) is 74.1 cm³/mol. The minimum atomic E-state index is 0.459. The Morgan fingerprint density at radius 2 is 2.11 bits per heavy atom. The third-order valence-corrected chi connectivity index (χ3v) is 4.46. The van der Waals surface area contributed by atoms with Gasteiger partial charge < -0.3 is 5.32 Å². The molecule has 0 aromatic carbocycles. The molecule has 2 bridgehead atoms. The third-order valence-electron chi connectivity index (χ3n) is 3.90. The molecule has 0 spiro atoms. The van der Waals surface area contributed by atoms with Crippen LogP contribution >= 0.6 is 23.2 Å². The molecule has 5 heteroatoms. The fraction of sp³-hybridized carbons (Fsp3) is 0.615. The first kappa shape index (κ1) is 12.7. The van der Waals surface area contributed by atoms with Gasteiger partial charge in [-0.2, -0.15) is 0 Å². The number of nitrogens with zero attached hydrogens (tertiary/aromatic N) is 2. The second-order valence-electron chi connectivity index (χ2n) is 5.26. The van der Waals surface area contributed by atoms with Gasteiger partial charge in [-0.3, -0.25) is 4.90 Å². The number of halogens is 2. The molecule has 1 aromatic rings. The van der Waals surface area contributed by atoms with Gasteiger partial charge in [-0.1, -0.05) is 23.2 Å². The summed E-state index contributed by atoms with van der Waals surface area (Å²) >= 11 is 12.0. The van der Waals surface area contributed by atoms with E-state index in [1.54, 1.807) is 12.3 Å². The number of rotatable bonds is 2. The smallest absolute Gasteiger partial charge is 0.130 e. The molecule has 3 rings (SSSR count). The average molecular weight is 286 g/mol. The summed E-state index contributed by atoms with van der Waals surface area (Å²) in [6.07, 6.45) is 5.66. The Bertz CT molecular complexity index is 438. The largest absolute Gasteiger partial charge is 0.310 e. The maximum atomic E-state index is 6.20. The van der Waals surface area contributed by atoms with Gasteiger partial charge in [-0.15, -0.1) is 0 Å². The SMILES string of the molecule is Clc1cc(Cl)c(CN2CCC3CCC(C2)N3)cn1. The van der Waals surface area contributed by atoms with Crippen LogP contribution in [0.5, 0.6) is 0 Å². The Balaban J connectivity index is 1.68. The van der Waals surface area contributed by atoms with Crippen LogP contribution in [0.1, 0.15) is 24.8 Å². The van der Waals surface area contributed by atoms with E-state index in [1.165, 1.54) is 19.3 Å². The summed E-state index contributed by atoms with van der Waals surface area (Å²) in [6.45, 7) is 3.11. The quantitative estimate of drug-likeness (QED) is 0.847. The predicted octanol–water partition coefficient (Wildman–Crippen LogP) is 2.71. The van der Waals surface area contributed by atoms with Crippen molar-refractivity contribution < 1.29 is 0 Å². The maximum Gasteiger partial charge on any atom is 0.130 e. The van der Waals surface area contributed by atoms with Gasteiger partial charge in [0.15, 0.2) is 0 Å². The van der Waals surface area contributed by atoms with Crippen LogP contribution in [0.3, 0.4) is 0 Å². The number of fused-ring (bicyclic) bond motifs is 2. The Hall–Kier alpha value is -0.350. The minimum Gasteiger partial charge on any atom is -0.310 e. The molecule has 0 amide bonds. The van der Waals surface area contributed by atoms with Gasteiger partial charge in [0.1, 0.15) is 5.15 Å². The molecule has 1 aromatic heterocycles. The number of hydrogen-bond donors (Lipinski definition) is 1. The lowest BCUT2D eigenvalue weighted by Crippen LogP contribution is -2.35. The van der Waals surface area contributed by atoms with E-state index in [9.17, 15) is 0 Å². The van der Waals surface area contributed by atoms with E-state index in [1.807, 2.05) is 0 Å². The molecule has 98 valence electrons. The molecule has 2 atom stereocenters. The summed E-state index contributed by atoms with van der Waals surface area (Å²) in [4.78, 5) is 6.58. The highest BCUT2D eigenvalue weighted by molar-refractivity contribution is 6.34. The highest BCUT2D eigenvalue weighted by Gasteiger charge is 2.29. The molecule has 0 saturated carbocycles. The second kappa shape index (κ2) is 5.33. The Morgan fingerprint density at radius 1 is 1.28 bits per heavy atom. The molecule has 0 radical (unpaired) electrons. The molecule has 3 nitrogen and oxygen atoms in total. The number of aromatic nitrogens is 1. The van der Waals surface area contributed by atoms with Crippen molar-refractivity contribution in [2.24, 2.45) is 0 Å². The van der Waals surface area contributed by atoms with Gasteiger partial charge >= 0.3 is 0 Å². The summed E-state index contributed by atoms with van der Waals surface area (Å²) in [5, 5.41) is 4.86. The minimum absolute atomic E-state index is 0.459. The summed E-state index contributed by atoms with van der Waals surface area (Å²) < 4.78 is 0. The number of nitrogens with one attached hydrogen (secondary N) is 1. The molecule has 2 aliphatic heterocycles. The van der Waals surface area contributed by atoms with Crippen molar-refractivity contribution in [2.45, 2.75) is 37.9 Å². The standard InChI is InChI=1S/C13H17Cl2N3/c14-12-5-13(15)16-6-9(12)7-18-4-3-10-1-2-11(8-18)17-10/h5-6,10-11,17H,1-4,7-8H2. The van der Waals surface area contributed by atoms with E-state index < -0.39 is 0 Å². The first-order valence-corrected chi connectivity index (χ1v) is 7.24. The highest BCUT2D eigenvalue weighted by atomic mass is 35.5. The lowest BCUT2D eigenvalue weighted by atomic mass is 10.1. The van der Waals surface area contributed by atoms with E-state index in [2.05, 4.69) is 15.2 Å². The Kier molecular flexibility index (Phi) is 3.76.